The molecule has 1 aromatic rings. The van der Waals surface area contributed by atoms with Gasteiger partial charge in [-0.1, -0.05) is 25.0 Å². The summed E-state index contributed by atoms with van der Waals surface area (Å²) in [6, 6.07) is 8.32. The maximum absolute atomic E-state index is 10.2. The molecule has 18 heavy (non-hydrogen) atoms. The van der Waals surface area contributed by atoms with Crippen molar-refractivity contribution in [1.29, 1.82) is 0 Å². The van der Waals surface area contributed by atoms with E-state index in [1.165, 1.54) is 12.0 Å². The minimum atomic E-state index is -0.192. The molecule has 1 aromatic carbocycles. The Kier molecular flexibility index (Phi) is 4.61. The molecule has 1 aliphatic rings. The van der Waals surface area contributed by atoms with Crippen LogP contribution < -0.4 is 10.1 Å². The SMILES string of the molecule is CNC(c1cccc(OC)c1)C1CCCCC1O. The first kappa shape index (κ1) is 13.4. The second kappa shape index (κ2) is 6.21. The lowest BCUT2D eigenvalue weighted by molar-refractivity contribution is 0.0494. The van der Waals surface area contributed by atoms with E-state index in [1.807, 2.05) is 19.2 Å². The number of aliphatic hydroxyl groups is 1. The Morgan fingerprint density at radius 2 is 2.11 bits per heavy atom. The van der Waals surface area contributed by atoms with Gasteiger partial charge < -0.3 is 15.2 Å². The summed E-state index contributed by atoms with van der Waals surface area (Å²) in [4.78, 5) is 0. The summed E-state index contributed by atoms with van der Waals surface area (Å²) >= 11 is 0. The van der Waals surface area contributed by atoms with Crippen molar-refractivity contribution in [3.05, 3.63) is 29.8 Å². The van der Waals surface area contributed by atoms with E-state index in [1.54, 1.807) is 7.11 Å². The van der Waals surface area contributed by atoms with Crippen LogP contribution in [0.25, 0.3) is 0 Å². The van der Waals surface area contributed by atoms with Crippen molar-refractivity contribution in [3.8, 4) is 5.75 Å². The highest BCUT2D eigenvalue weighted by Gasteiger charge is 2.30. The molecule has 0 bridgehead atoms. The summed E-state index contributed by atoms with van der Waals surface area (Å²) in [5, 5.41) is 13.5. The van der Waals surface area contributed by atoms with Gasteiger partial charge in [-0.3, -0.25) is 0 Å². The van der Waals surface area contributed by atoms with Gasteiger partial charge in [0.1, 0.15) is 5.75 Å². The minimum absolute atomic E-state index is 0.192. The molecule has 1 saturated carbocycles. The number of rotatable bonds is 4. The highest BCUT2D eigenvalue weighted by Crippen LogP contribution is 2.35. The smallest absolute Gasteiger partial charge is 0.119 e. The molecule has 0 radical (unpaired) electrons. The van der Waals surface area contributed by atoms with Gasteiger partial charge in [0.15, 0.2) is 0 Å². The van der Waals surface area contributed by atoms with Gasteiger partial charge in [0.25, 0.3) is 0 Å². The first-order chi connectivity index (χ1) is 8.76. The third kappa shape index (κ3) is 2.85. The van der Waals surface area contributed by atoms with E-state index in [4.69, 9.17) is 4.74 Å². The van der Waals surface area contributed by atoms with E-state index in [0.29, 0.717) is 5.92 Å². The summed E-state index contributed by atoms with van der Waals surface area (Å²) in [6.07, 6.45) is 4.18. The molecule has 1 fully saturated rings. The van der Waals surface area contributed by atoms with Gasteiger partial charge in [-0.25, -0.2) is 0 Å². The second-order valence-electron chi connectivity index (χ2n) is 5.06. The van der Waals surface area contributed by atoms with Crippen LogP contribution >= 0.6 is 0 Å². The normalized spacial score (nSPS) is 25.7. The lowest BCUT2D eigenvalue weighted by atomic mass is 9.79. The molecule has 0 amide bonds. The zero-order valence-corrected chi connectivity index (χ0v) is 11.2. The second-order valence-corrected chi connectivity index (χ2v) is 5.06. The fourth-order valence-corrected chi connectivity index (χ4v) is 2.99. The molecular formula is C15H23NO2. The topological polar surface area (TPSA) is 41.5 Å². The molecule has 2 rings (SSSR count). The maximum atomic E-state index is 10.2. The van der Waals surface area contributed by atoms with Crippen LogP contribution in [-0.2, 0) is 0 Å². The van der Waals surface area contributed by atoms with E-state index in [0.717, 1.165) is 25.0 Å². The van der Waals surface area contributed by atoms with Crippen LogP contribution in [0.15, 0.2) is 24.3 Å². The molecule has 3 heteroatoms. The van der Waals surface area contributed by atoms with Crippen molar-refractivity contribution in [3.63, 3.8) is 0 Å². The van der Waals surface area contributed by atoms with E-state index in [9.17, 15) is 5.11 Å². The van der Waals surface area contributed by atoms with Crippen LogP contribution in [0.5, 0.6) is 5.75 Å². The molecule has 0 spiro atoms. The molecule has 0 heterocycles. The van der Waals surface area contributed by atoms with Crippen LogP contribution in [0.1, 0.15) is 37.3 Å². The van der Waals surface area contributed by atoms with Crippen LogP contribution in [0.4, 0.5) is 0 Å². The average Bonchev–Trinajstić information content (AvgIpc) is 2.42. The van der Waals surface area contributed by atoms with Gasteiger partial charge in [-0.15, -0.1) is 0 Å². The van der Waals surface area contributed by atoms with Gasteiger partial charge in [0.2, 0.25) is 0 Å². The first-order valence-electron chi connectivity index (χ1n) is 6.75. The fraction of sp³-hybridized carbons (Fsp3) is 0.600. The molecular weight excluding hydrogens is 226 g/mol. The molecule has 1 aliphatic carbocycles. The van der Waals surface area contributed by atoms with Crippen molar-refractivity contribution in [2.75, 3.05) is 14.2 Å². The molecule has 0 aromatic heterocycles. The number of methoxy groups -OCH3 is 1. The van der Waals surface area contributed by atoms with Gasteiger partial charge in [0, 0.05) is 12.0 Å². The third-order valence-electron chi connectivity index (χ3n) is 3.97. The lowest BCUT2D eigenvalue weighted by Gasteiger charge is -2.34. The van der Waals surface area contributed by atoms with E-state index >= 15 is 0 Å². The van der Waals surface area contributed by atoms with Gasteiger partial charge in [-0.05, 0) is 37.6 Å². The summed E-state index contributed by atoms with van der Waals surface area (Å²) in [6.45, 7) is 0. The highest BCUT2D eigenvalue weighted by atomic mass is 16.5. The molecule has 3 atom stereocenters. The standard InChI is InChI=1S/C15H23NO2/c1-16-15(13-8-3-4-9-14(13)17)11-6-5-7-12(10-11)18-2/h5-7,10,13-17H,3-4,8-9H2,1-2H3. The van der Waals surface area contributed by atoms with Crippen molar-refractivity contribution in [2.24, 2.45) is 5.92 Å². The molecule has 0 aliphatic heterocycles. The Balaban J connectivity index is 2.20. The summed E-state index contributed by atoms with van der Waals surface area (Å²) in [5.41, 5.74) is 1.20. The van der Waals surface area contributed by atoms with Crippen molar-refractivity contribution in [2.45, 2.75) is 37.8 Å². The summed E-state index contributed by atoms with van der Waals surface area (Å²) in [7, 11) is 3.65. The Morgan fingerprint density at radius 1 is 1.33 bits per heavy atom. The molecule has 3 unspecified atom stereocenters. The number of hydrogen-bond acceptors (Lipinski definition) is 3. The van der Waals surface area contributed by atoms with Gasteiger partial charge >= 0.3 is 0 Å². The zero-order valence-electron chi connectivity index (χ0n) is 11.2. The molecule has 0 saturated heterocycles. The third-order valence-corrected chi connectivity index (χ3v) is 3.97. The number of ether oxygens (including phenoxy) is 1. The zero-order chi connectivity index (χ0) is 13.0. The fourth-order valence-electron chi connectivity index (χ4n) is 2.99. The Hall–Kier alpha value is -1.06. The summed E-state index contributed by atoms with van der Waals surface area (Å²) in [5.74, 6) is 1.17. The molecule has 100 valence electrons. The minimum Gasteiger partial charge on any atom is -0.497 e. The molecule has 2 N–H and O–H groups in total. The van der Waals surface area contributed by atoms with Crippen molar-refractivity contribution < 1.29 is 9.84 Å². The number of benzene rings is 1. The van der Waals surface area contributed by atoms with Crippen LogP contribution in [0, 0.1) is 5.92 Å². The first-order valence-corrected chi connectivity index (χ1v) is 6.75. The van der Waals surface area contributed by atoms with E-state index < -0.39 is 0 Å². The maximum Gasteiger partial charge on any atom is 0.119 e. The van der Waals surface area contributed by atoms with Crippen LogP contribution in [0.3, 0.4) is 0 Å². The Morgan fingerprint density at radius 3 is 2.78 bits per heavy atom. The predicted octanol–water partition coefficient (Wildman–Crippen LogP) is 2.51. The van der Waals surface area contributed by atoms with E-state index in [-0.39, 0.29) is 12.1 Å². The lowest BCUT2D eigenvalue weighted by Crippen LogP contribution is -2.35. The highest BCUT2D eigenvalue weighted by molar-refractivity contribution is 5.31. The van der Waals surface area contributed by atoms with Crippen LogP contribution in [-0.4, -0.2) is 25.4 Å². The Bertz CT molecular complexity index is 381. The number of nitrogens with one attached hydrogen (secondary N) is 1. The predicted molar refractivity (Wildman–Crippen MR) is 72.8 cm³/mol. The number of aliphatic hydroxyl groups excluding tert-OH is 1. The number of hydrogen-bond donors (Lipinski definition) is 2. The Labute approximate surface area is 109 Å². The van der Waals surface area contributed by atoms with Crippen LogP contribution in [0.2, 0.25) is 0 Å². The van der Waals surface area contributed by atoms with Crippen molar-refractivity contribution in [1.82, 2.24) is 5.32 Å². The quantitative estimate of drug-likeness (QED) is 0.861. The van der Waals surface area contributed by atoms with E-state index in [2.05, 4.69) is 17.4 Å². The largest absolute Gasteiger partial charge is 0.497 e. The summed E-state index contributed by atoms with van der Waals surface area (Å²) < 4.78 is 5.27. The molecule has 3 nitrogen and oxygen atoms in total. The van der Waals surface area contributed by atoms with Gasteiger partial charge in [-0.2, -0.15) is 0 Å². The van der Waals surface area contributed by atoms with Crippen molar-refractivity contribution >= 4 is 0 Å². The average molecular weight is 249 g/mol. The monoisotopic (exact) mass is 249 g/mol. The van der Waals surface area contributed by atoms with Gasteiger partial charge in [0.05, 0.1) is 13.2 Å².